The first kappa shape index (κ1) is 26.5. The van der Waals surface area contributed by atoms with Crippen LogP contribution in [0.15, 0.2) is 80.4 Å². The maximum Gasteiger partial charge on any atom is 0.347 e. The molecule has 0 radical (unpaired) electrons. The average Bonchev–Trinajstić information content (AvgIpc) is 3.18. The molecule has 0 fully saturated rings. The molecular formula is C32H25BrClNO5. The van der Waals surface area contributed by atoms with Gasteiger partial charge in [-0.1, -0.05) is 58.7 Å². The highest BCUT2D eigenvalue weighted by Gasteiger charge is 2.52. The van der Waals surface area contributed by atoms with E-state index in [2.05, 4.69) is 22.9 Å². The number of hydrogen-bond donors (Lipinski definition) is 0. The minimum absolute atomic E-state index is 0.156. The summed E-state index contributed by atoms with van der Waals surface area (Å²) in [5.41, 5.74) is 2.01. The zero-order chi connectivity index (χ0) is 28.6. The van der Waals surface area contributed by atoms with Crippen LogP contribution in [0.5, 0.6) is 5.75 Å². The molecule has 2 aliphatic rings. The molecule has 1 unspecified atom stereocenters. The Bertz CT molecular complexity index is 1840. The van der Waals surface area contributed by atoms with Crippen LogP contribution in [0.1, 0.15) is 54.2 Å². The van der Waals surface area contributed by atoms with Gasteiger partial charge in [-0.25, -0.2) is 4.79 Å². The van der Waals surface area contributed by atoms with Gasteiger partial charge in [-0.05, 0) is 73.9 Å². The topological polar surface area (TPSA) is 76.8 Å². The molecule has 0 aliphatic carbocycles. The number of amides is 1. The molecule has 4 aromatic rings. The SMILES string of the molecule is COc1cccc2cc(C(=O)C=C3C(=O)N4c5c3cc(Br)cc5C(C)(c3ccc(Cl)cc3)CC4(C)C)c(=O)oc12. The number of anilines is 1. The summed E-state index contributed by atoms with van der Waals surface area (Å²) in [6.07, 6.45) is 1.91. The van der Waals surface area contributed by atoms with Crippen LogP contribution in [0.4, 0.5) is 5.69 Å². The Morgan fingerprint density at radius 2 is 1.80 bits per heavy atom. The molecule has 6 rings (SSSR count). The number of rotatable bonds is 4. The summed E-state index contributed by atoms with van der Waals surface area (Å²) in [6.45, 7) is 6.23. The number of nitrogens with zero attached hydrogens (tertiary/aromatic N) is 1. The molecule has 3 aromatic carbocycles. The Morgan fingerprint density at radius 1 is 1.07 bits per heavy atom. The molecule has 8 heteroatoms. The summed E-state index contributed by atoms with van der Waals surface area (Å²) in [6, 6.07) is 18.3. The fourth-order valence-electron chi connectivity index (χ4n) is 6.29. The van der Waals surface area contributed by atoms with E-state index in [1.165, 1.54) is 19.3 Å². The van der Waals surface area contributed by atoms with Gasteiger partial charge in [0.15, 0.2) is 17.1 Å². The quantitative estimate of drug-likeness (QED) is 0.136. The number of halogens is 2. The molecule has 6 nitrogen and oxygen atoms in total. The average molecular weight is 619 g/mol. The van der Waals surface area contributed by atoms with E-state index >= 15 is 0 Å². The third-order valence-corrected chi connectivity index (χ3v) is 8.68. The lowest BCUT2D eigenvalue weighted by Gasteiger charge is -2.49. The first-order chi connectivity index (χ1) is 18.9. The van der Waals surface area contributed by atoms with Crippen molar-refractivity contribution in [3.63, 3.8) is 0 Å². The number of carbonyl (C=O) groups excluding carboxylic acids is 2. The predicted octanol–water partition coefficient (Wildman–Crippen LogP) is 7.32. The van der Waals surface area contributed by atoms with Crippen molar-refractivity contribution in [2.75, 3.05) is 12.0 Å². The van der Waals surface area contributed by atoms with E-state index in [1.807, 2.05) is 50.2 Å². The van der Waals surface area contributed by atoms with Gasteiger partial charge in [0.1, 0.15) is 5.56 Å². The second-order valence-corrected chi connectivity index (χ2v) is 12.4. The molecule has 1 aromatic heterocycles. The van der Waals surface area contributed by atoms with Crippen molar-refractivity contribution in [2.24, 2.45) is 0 Å². The number of allylic oxidation sites excluding steroid dienone is 1. The molecule has 202 valence electrons. The Morgan fingerprint density at radius 3 is 2.50 bits per heavy atom. The third-order valence-electron chi connectivity index (χ3n) is 7.97. The van der Waals surface area contributed by atoms with Gasteiger partial charge in [0.2, 0.25) is 0 Å². The van der Waals surface area contributed by atoms with E-state index in [4.69, 9.17) is 20.8 Å². The van der Waals surface area contributed by atoms with Crippen LogP contribution in [-0.2, 0) is 10.2 Å². The normalized spacial score (nSPS) is 20.2. The van der Waals surface area contributed by atoms with Gasteiger partial charge >= 0.3 is 5.63 Å². The maximum atomic E-state index is 14.0. The van der Waals surface area contributed by atoms with Crippen LogP contribution in [-0.4, -0.2) is 24.3 Å². The van der Waals surface area contributed by atoms with Crippen LogP contribution in [0.25, 0.3) is 16.5 Å². The van der Waals surface area contributed by atoms with Gasteiger partial charge in [0.05, 0.1) is 18.4 Å². The lowest BCUT2D eigenvalue weighted by atomic mass is 9.65. The highest BCUT2D eigenvalue weighted by molar-refractivity contribution is 9.10. The largest absolute Gasteiger partial charge is 0.493 e. The number of fused-ring (bicyclic) bond motifs is 1. The first-order valence-corrected chi connectivity index (χ1v) is 13.9. The van der Waals surface area contributed by atoms with Gasteiger partial charge < -0.3 is 14.1 Å². The molecule has 3 heterocycles. The Balaban J connectivity index is 1.53. The number of ether oxygens (including phenoxy) is 1. The summed E-state index contributed by atoms with van der Waals surface area (Å²) < 4.78 is 11.5. The summed E-state index contributed by atoms with van der Waals surface area (Å²) >= 11 is 9.83. The van der Waals surface area contributed by atoms with Crippen molar-refractivity contribution in [3.05, 3.63) is 109 Å². The number of para-hydroxylation sites is 1. The number of hydrogen-bond acceptors (Lipinski definition) is 5. The summed E-state index contributed by atoms with van der Waals surface area (Å²) in [4.78, 5) is 42.2. The Labute approximate surface area is 244 Å². The van der Waals surface area contributed by atoms with E-state index in [-0.39, 0.29) is 22.6 Å². The molecule has 0 spiro atoms. The van der Waals surface area contributed by atoms with Crippen molar-refractivity contribution in [1.82, 2.24) is 0 Å². The van der Waals surface area contributed by atoms with Crippen molar-refractivity contribution in [2.45, 2.75) is 38.1 Å². The lowest BCUT2D eigenvalue weighted by molar-refractivity contribution is -0.114. The number of carbonyl (C=O) groups is 2. The van der Waals surface area contributed by atoms with Crippen molar-refractivity contribution >= 4 is 61.5 Å². The molecule has 0 bridgehead atoms. The fraction of sp³-hybridized carbons (Fsp3) is 0.219. The molecule has 1 amide bonds. The molecule has 0 saturated carbocycles. The minimum Gasteiger partial charge on any atom is -0.493 e. The molecule has 1 atom stereocenters. The van der Waals surface area contributed by atoms with E-state index in [0.29, 0.717) is 28.1 Å². The highest BCUT2D eigenvalue weighted by atomic mass is 79.9. The van der Waals surface area contributed by atoms with Crippen molar-refractivity contribution in [1.29, 1.82) is 0 Å². The third kappa shape index (κ3) is 3.94. The van der Waals surface area contributed by atoms with Crippen molar-refractivity contribution < 1.29 is 18.7 Å². The maximum absolute atomic E-state index is 14.0. The lowest BCUT2D eigenvalue weighted by Crippen LogP contribution is -2.54. The standard InChI is InChI=1S/C32H25BrClNO5/c1-31(2)16-32(3,18-8-10-20(34)11-9-18)24-14-19(33)13-21-22(29(37)35(31)27(21)24)15-25(36)23-12-17-6-5-7-26(39-4)28(17)40-30(23)38/h5-15H,16H2,1-4H3. The van der Waals surface area contributed by atoms with Crippen LogP contribution in [0.2, 0.25) is 5.02 Å². The summed E-state index contributed by atoms with van der Waals surface area (Å²) in [7, 11) is 1.48. The van der Waals surface area contributed by atoms with E-state index in [1.54, 1.807) is 23.1 Å². The Kier molecular flexibility index (Phi) is 6.09. The molecule has 0 saturated heterocycles. The van der Waals surface area contributed by atoms with Crippen LogP contribution in [0, 0.1) is 0 Å². The second-order valence-electron chi connectivity index (χ2n) is 11.1. The minimum atomic E-state index is -0.795. The van der Waals surface area contributed by atoms with E-state index in [0.717, 1.165) is 21.3 Å². The smallest absolute Gasteiger partial charge is 0.347 e. The van der Waals surface area contributed by atoms with Crippen LogP contribution in [0.3, 0.4) is 0 Å². The predicted molar refractivity (Wildman–Crippen MR) is 160 cm³/mol. The monoisotopic (exact) mass is 617 g/mol. The van der Waals surface area contributed by atoms with E-state index < -0.39 is 22.4 Å². The summed E-state index contributed by atoms with van der Waals surface area (Å²) in [5.74, 6) is -0.490. The summed E-state index contributed by atoms with van der Waals surface area (Å²) in [5, 5.41) is 1.20. The van der Waals surface area contributed by atoms with Gasteiger partial charge in [-0.2, -0.15) is 0 Å². The fourth-order valence-corrected chi connectivity index (χ4v) is 6.88. The molecular weight excluding hydrogens is 594 g/mol. The molecule has 40 heavy (non-hydrogen) atoms. The second kappa shape index (κ2) is 9.18. The van der Waals surface area contributed by atoms with Gasteiger partial charge in [-0.3, -0.25) is 9.59 Å². The Hall–Kier alpha value is -3.68. The highest BCUT2D eigenvalue weighted by Crippen LogP contribution is 2.56. The molecule has 2 aliphatic heterocycles. The number of methoxy groups -OCH3 is 1. The molecule has 0 N–H and O–H groups in total. The van der Waals surface area contributed by atoms with Crippen LogP contribution < -0.4 is 15.3 Å². The van der Waals surface area contributed by atoms with E-state index in [9.17, 15) is 14.4 Å². The zero-order valence-corrected chi connectivity index (χ0v) is 24.6. The first-order valence-electron chi connectivity index (χ1n) is 12.8. The van der Waals surface area contributed by atoms with Gasteiger partial charge in [0, 0.05) is 31.4 Å². The van der Waals surface area contributed by atoms with Gasteiger partial charge in [-0.15, -0.1) is 0 Å². The van der Waals surface area contributed by atoms with Crippen molar-refractivity contribution in [3.8, 4) is 5.75 Å². The number of ketones is 1. The van der Waals surface area contributed by atoms with Crippen LogP contribution >= 0.6 is 27.5 Å². The zero-order valence-electron chi connectivity index (χ0n) is 22.3. The van der Waals surface area contributed by atoms with Gasteiger partial charge in [0.25, 0.3) is 5.91 Å². The number of benzene rings is 3.